The van der Waals surface area contributed by atoms with Crippen LogP contribution in [0.1, 0.15) is 16.3 Å². The lowest BCUT2D eigenvalue weighted by Crippen LogP contribution is -2.39. The number of thiocarbonyl (C=S) groups is 1. The van der Waals surface area contributed by atoms with Crippen LogP contribution in [0, 0.1) is 13.8 Å². The van der Waals surface area contributed by atoms with Crippen LogP contribution in [-0.4, -0.2) is 27.6 Å². The summed E-state index contributed by atoms with van der Waals surface area (Å²) in [5.41, 5.74) is 2.46. The standard InChI is InChI=1S/C20H21ClN6S2/c1-13-12-14(2)24-19(23-13)26-18(22-10-9-15-6-5-11-29-15)27-20(28)25-17-8-4-3-7-16(17)21/h3-8,11-12H,9-10H2,1-2H3,(H3,22,23,24,25,26,27,28). The topological polar surface area (TPSA) is 74.2 Å². The van der Waals surface area contributed by atoms with E-state index in [1.165, 1.54) is 4.88 Å². The molecule has 2 aromatic heterocycles. The second-order valence-corrected chi connectivity index (χ2v) is 8.07. The fourth-order valence-corrected chi connectivity index (χ4v) is 3.64. The first kappa shape index (κ1) is 21.2. The van der Waals surface area contributed by atoms with Crippen LogP contribution in [0.15, 0.2) is 52.8 Å². The van der Waals surface area contributed by atoms with Gasteiger partial charge in [0.05, 0.1) is 10.7 Å². The Morgan fingerprint density at radius 3 is 2.55 bits per heavy atom. The number of rotatable bonds is 5. The molecule has 0 aliphatic heterocycles. The summed E-state index contributed by atoms with van der Waals surface area (Å²) in [5.74, 6) is 0.932. The van der Waals surface area contributed by atoms with E-state index >= 15 is 0 Å². The fraction of sp³-hybridized carbons (Fsp3) is 0.200. The molecule has 29 heavy (non-hydrogen) atoms. The molecule has 0 bridgehead atoms. The molecule has 3 aromatic rings. The summed E-state index contributed by atoms with van der Waals surface area (Å²) in [4.78, 5) is 14.7. The third-order valence-corrected chi connectivity index (χ3v) is 5.24. The SMILES string of the molecule is Cc1cc(C)nc(NC(=NCCc2cccs2)NC(=S)Nc2ccccc2Cl)n1. The van der Waals surface area contributed by atoms with Crippen molar-refractivity contribution in [2.75, 3.05) is 17.2 Å². The van der Waals surface area contributed by atoms with Crippen molar-refractivity contribution in [2.24, 2.45) is 4.99 Å². The molecule has 0 saturated carbocycles. The van der Waals surface area contributed by atoms with Gasteiger partial charge in [-0.2, -0.15) is 0 Å². The number of benzene rings is 1. The highest BCUT2D eigenvalue weighted by molar-refractivity contribution is 7.80. The Morgan fingerprint density at radius 1 is 1.10 bits per heavy atom. The summed E-state index contributed by atoms with van der Waals surface area (Å²) in [5, 5.41) is 12.3. The molecule has 0 saturated heterocycles. The van der Waals surface area contributed by atoms with Gasteiger partial charge < -0.3 is 10.6 Å². The van der Waals surface area contributed by atoms with Crippen LogP contribution in [0.4, 0.5) is 11.6 Å². The van der Waals surface area contributed by atoms with E-state index in [1.807, 2.05) is 44.2 Å². The van der Waals surface area contributed by atoms with Crippen LogP contribution in [-0.2, 0) is 6.42 Å². The molecule has 0 amide bonds. The number of aryl methyl sites for hydroxylation is 2. The van der Waals surface area contributed by atoms with E-state index in [0.717, 1.165) is 17.8 Å². The number of para-hydroxylation sites is 1. The predicted octanol–water partition coefficient (Wildman–Crippen LogP) is 4.81. The van der Waals surface area contributed by atoms with Gasteiger partial charge in [0.15, 0.2) is 5.11 Å². The second kappa shape index (κ2) is 10.3. The zero-order chi connectivity index (χ0) is 20.6. The van der Waals surface area contributed by atoms with Gasteiger partial charge in [-0.15, -0.1) is 11.3 Å². The maximum atomic E-state index is 6.20. The first-order valence-corrected chi connectivity index (χ1v) is 10.6. The molecule has 0 aliphatic rings. The molecule has 150 valence electrons. The summed E-state index contributed by atoms with van der Waals surface area (Å²) >= 11 is 13.3. The Hall–Kier alpha value is -2.55. The first-order valence-electron chi connectivity index (χ1n) is 8.98. The molecule has 2 heterocycles. The number of aliphatic imine (C=N–C) groups is 1. The number of anilines is 2. The lowest BCUT2D eigenvalue weighted by Gasteiger charge is -2.15. The molecule has 1 aromatic carbocycles. The summed E-state index contributed by atoms with van der Waals surface area (Å²) in [6.07, 6.45) is 0.836. The fourth-order valence-electron chi connectivity index (χ4n) is 2.55. The van der Waals surface area contributed by atoms with Crippen LogP contribution < -0.4 is 16.0 Å². The van der Waals surface area contributed by atoms with Gasteiger partial charge >= 0.3 is 0 Å². The summed E-state index contributed by atoms with van der Waals surface area (Å²) in [6, 6.07) is 13.4. The highest BCUT2D eigenvalue weighted by Crippen LogP contribution is 2.20. The predicted molar refractivity (Wildman–Crippen MR) is 126 cm³/mol. The lowest BCUT2D eigenvalue weighted by molar-refractivity contribution is 0.973. The van der Waals surface area contributed by atoms with E-state index in [1.54, 1.807) is 17.4 Å². The Bertz CT molecular complexity index is 984. The summed E-state index contributed by atoms with van der Waals surface area (Å²) in [7, 11) is 0. The normalized spacial score (nSPS) is 11.2. The molecule has 0 fully saturated rings. The molecule has 0 radical (unpaired) electrons. The smallest absolute Gasteiger partial charge is 0.229 e. The zero-order valence-corrected chi connectivity index (χ0v) is 18.5. The second-order valence-electron chi connectivity index (χ2n) is 6.22. The first-order chi connectivity index (χ1) is 14.0. The van der Waals surface area contributed by atoms with Gasteiger partial charge in [0.1, 0.15) is 0 Å². The summed E-state index contributed by atoms with van der Waals surface area (Å²) < 4.78 is 0. The minimum absolute atomic E-state index is 0.366. The van der Waals surface area contributed by atoms with Gasteiger partial charge in [-0.3, -0.25) is 10.3 Å². The molecule has 0 aliphatic carbocycles. The molecular weight excluding hydrogens is 424 g/mol. The van der Waals surface area contributed by atoms with Gasteiger partial charge in [-0.1, -0.05) is 29.8 Å². The lowest BCUT2D eigenvalue weighted by atomic mass is 10.3. The van der Waals surface area contributed by atoms with Crippen LogP contribution in [0.3, 0.4) is 0 Å². The van der Waals surface area contributed by atoms with Crippen LogP contribution in [0.5, 0.6) is 0 Å². The molecule has 6 nitrogen and oxygen atoms in total. The van der Waals surface area contributed by atoms with Crippen molar-refractivity contribution in [3.05, 3.63) is 69.1 Å². The molecule has 0 atom stereocenters. The third kappa shape index (κ3) is 6.77. The molecular formula is C20H21ClN6S2. The van der Waals surface area contributed by atoms with E-state index < -0.39 is 0 Å². The molecule has 0 spiro atoms. The number of guanidine groups is 1. The van der Waals surface area contributed by atoms with Crippen LogP contribution >= 0.6 is 35.2 Å². The minimum Gasteiger partial charge on any atom is -0.331 e. The van der Waals surface area contributed by atoms with E-state index in [9.17, 15) is 0 Å². The number of aromatic nitrogens is 2. The van der Waals surface area contributed by atoms with Crippen molar-refractivity contribution in [1.29, 1.82) is 0 Å². The van der Waals surface area contributed by atoms with Crippen molar-refractivity contribution in [1.82, 2.24) is 15.3 Å². The Balaban J connectivity index is 1.72. The molecule has 3 N–H and O–H groups in total. The van der Waals surface area contributed by atoms with Gasteiger partial charge in [-0.25, -0.2) is 9.97 Å². The largest absolute Gasteiger partial charge is 0.331 e. The number of halogens is 1. The van der Waals surface area contributed by atoms with Crippen molar-refractivity contribution < 1.29 is 0 Å². The highest BCUT2D eigenvalue weighted by Gasteiger charge is 2.08. The number of hydrogen-bond acceptors (Lipinski definition) is 5. The van der Waals surface area contributed by atoms with Gasteiger partial charge in [0.25, 0.3) is 0 Å². The third-order valence-electron chi connectivity index (χ3n) is 3.77. The van der Waals surface area contributed by atoms with Crippen molar-refractivity contribution >= 4 is 57.9 Å². The molecule has 3 rings (SSSR count). The van der Waals surface area contributed by atoms with E-state index in [2.05, 4.69) is 42.4 Å². The van der Waals surface area contributed by atoms with Crippen LogP contribution in [0.25, 0.3) is 0 Å². The maximum absolute atomic E-state index is 6.20. The van der Waals surface area contributed by atoms with E-state index in [0.29, 0.717) is 34.3 Å². The number of nitrogens with one attached hydrogen (secondary N) is 3. The number of nitrogens with zero attached hydrogens (tertiary/aromatic N) is 3. The maximum Gasteiger partial charge on any atom is 0.229 e. The highest BCUT2D eigenvalue weighted by atomic mass is 35.5. The Labute approximate surface area is 184 Å². The van der Waals surface area contributed by atoms with Crippen LogP contribution in [0.2, 0.25) is 5.02 Å². The molecule has 9 heteroatoms. The van der Waals surface area contributed by atoms with E-state index in [4.69, 9.17) is 23.8 Å². The average molecular weight is 445 g/mol. The van der Waals surface area contributed by atoms with E-state index in [-0.39, 0.29) is 0 Å². The molecule has 0 unspecified atom stereocenters. The van der Waals surface area contributed by atoms with Crippen molar-refractivity contribution in [3.63, 3.8) is 0 Å². The quantitative estimate of drug-likeness (QED) is 0.298. The monoisotopic (exact) mass is 444 g/mol. The summed E-state index contributed by atoms with van der Waals surface area (Å²) in [6.45, 7) is 4.43. The Morgan fingerprint density at radius 2 is 1.86 bits per heavy atom. The van der Waals surface area contributed by atoms with Gasteiger partial charge in [-0.05, 0) is 55.7 Å². The minimum atomic E-state index is 0.366. The van der Waals surface area contributed by atoms with Crippen molar-refractivity contribution in [2.45, 2.75) is 20.3 Å². The Kier molecular flexibility index (Phi) is 7.51. The zero-order valence-electron chi connectivity index (χ0n) is 16.1. The van der Waals surface area contributed by atoms with Gasteiger partial charge in [0, 0.05) is 29.2 Å². The average Bonchev–Trinajstić information content (AvgIpc) is 3.16. The van der Waals surface area contributed by atoms with Crippen molar-refractivity contribution in [3.8, 4) is 0 Å². The number of hydrogen-bond donors (Lipinski definition) is 3. The number of thiophene rings is 1. The van der Waals surface area contributed by atoms with Gasteiger partial charge in [0.2, 0.25) is 11.9 Å².